The summed E-state index contributed by atoms with van der Waals surface area (Å²) >= 11 is 0. The van der Waals surface area contributed by atoms with Crippen molar-refractivity contribution in [1.82, 2.24) is 15.1 Å². The van der Waals surface area contributed by atoms with Crippen LogP contribution in [0.25, 0.3) is 0 Å². The van der Waals surface area contributed by atoms with Crippen LogP contribution in [0.15, 0.2) is 12.4 Å². The van der Waals surface area contributed by atoms with E-state index >= 15 is 0 Å². The van der Waals surface area contributed by atoms with E-state index in [9.17, 15) is 0 Å². The first-order chi connectivity index (χ1) is 6.86. The zero-order valence-electron chi connectivity index (χ0n) is 7.98. The summed E-state index contributed by atoms with van der Waals surface area (Å²) in [6, 6.07) is 2.06. The van der Waals surface area contributed by atoms with Crippen LogP contribution < -0.4 is 5.32 Å². The molecule has 1 aromatic rings. The van der Waals surface area contributed by atoms with E-state index in [4.69, 9.17) is 10.4 Å². The lowest BCUT2D eigenvalue weighted by Gasteiger charge is -1.98. The number of hydrogen-bond acceptors (Lipinski definition) is 4. The molecular formula is C9H14N4O. The lowest BCUT2D eigenvalue weighted by Crippen LogP contribution is -2.13. The first-order valence-corrected chi connectivity index (χ1v) is 4.56. The Kier molecular flexibility index (Phi) is 4.69. The Labute approximate surface area is 83.0 Å². The Bertz CT molecular complexity index is 302. The highest BCUT2D eigenvalue weighted by Crippen LogP contribution is 1.96. The average Bonchev–Trinajstić information content (AvgIpc) is 2.61. The molecule has 5 nitrogen and oxygen atoms in total. The second-order valence-electron chi connectivity index (χ2n) is 2.92. The van der Waals surface area contributed by atoms with Crippen LogP contribution >= 0.6 is 0 Å². The van der Waals surface area contributed by atoms with Crippen molar-refractivity contribution in [3.8, 4) is 6.07 Å². The number of nitriles is 1. The molecule has 1 rings (SSSR count). The predicted octanol–water partition coefficient (Wildman–Crippen LogP) is -0.121. The Morgan fingerprint density at radius 2 is 2.50 bits per heavy atom. The van der Waals surface area contributed by atoms with Gasteiger partial charge in [0.05, 0.1) is 25.4 Å². The number of aromatic nitrogens is 2. The molecule has 0 atom stereocenters. The molecule has 0 bridgehead atoms. The SMILES string of the molecule is N#CCCNCc1cnn(CCO)c1. The molecule has 5 heteroatoms. The minimum atomic E-state index is 0.100. The van der Waals surface area contributed by atoms with Crippen LogP contribution in [0.5, 0.6) is 0 Å². The van der Waals surface area contributed by atoms with Gasteiger partial charge in [0, 0.05) is 31.3 Å². The normalized spacial score (nSPS) is 10.0. The highest BCUT2D eigenvalue weighted by molar-refractivity contribution is 5.03. The van der Waals surface area contributed by atoms with Crippen molar-refractivity contribution in [2.24, 2.45) is 0 Å². The van der Waals surface area contributed by atoms with Gasteiger partial charge in [-0.3, -0.25) is 4.68 Å². The topological polar surface area (TPSA) is 73.9 Å². The standard InChI is InChI=1S/C9H14N4O/c10-2-1-3-11-6-9-7-12-13(8-9)4-5-14/h7-8,11,14H,1,3-6H2. The smallest absolute Gasteiger partial charge is 0.0640 e. The highest BCUT2D eigenvalue weighted by atomic mass is 16.3. The van der Waals surface area contributed by atoms with Gasteiger partial charge >= 0.3 is 0 Å². The molecule has 1 heterocycles. The summed E-state index contributed by atoms with van der Waals surface area (Å²) in [6.07, 6.45) is 4.16. The number of nitrogens with zero attached hydrogens (tertiary/aromatic N) is 3. The molecule has 0 aliphatic rings. The van der Waals surface area contributed by atoms with E-state index in [2.05, 4.69) is 16.5 Å². The molecule has 0 saturated carbocycles. The van der Waals surface area contributed by atoms with Crippen molar-refractivity contribution in [2.75, 3.05) is 13.2 Å². The summed E-state index contributed by atoms with van der Waals surface area (Å²) in [5, 5.41) is 24.1. The molecule has 76 valence electrons. The molecule has 0 unspecified atom stereocenters. The third-order valence-corrected chi connectivity index (χ3v) is 1.76. The van der Waals surface area contributed by atoms with Gasteiger partial charge in [0.1, 0.15) is 0 Å². The van der Waals surface area contributed by atoms with Crippen LogP contribution in [0.4, 0.5) is 0 Å². The van der Waals surface area contributed by atoms with Crippen LogP contribution in [0.3, 0.4) is 0 Å². The predicted molar refractivity (Wildman–Crippen MR) is 51.2 cm³/mol. The molecule has 0 aliphatic heterocycles. The minimum Gasteiger partial charge on any atom is -0.394 e. The molecule has 0 radical (unpaired) electrons. The maximum absolute atomic E-state index is 8.66. The van der Waals surface area contributed by atoms with Gasteiger partial charge in [0.25, 0.3) is 0 Å². The zero-order chi connectivity index (χ0) is 10.2. The summed E-state index contributed by atoms with van der Waals surface area (Å²) in [4.78, 5) is 0. The molecule has 1 aromatic heterocycles. The first kappa shape index (κ1) is 10.7. The molecule has 14 heavy (non-hydrogen) atoms. The quantitative estimate of drug-likeness (QED) is 0.619. The highest BCUT2D eigenvalue weighted by Gasteiger charge is 1.96. The largest absolute Gasteiger partial charge is 0.394 e. The van der Waals surface area contributed by atoms with E-state index in [0.717, 1.165) is 5.56 Å². The first-order valence-electron chi connectivity index (χ1n) is 4.56. The summed E-state index contributed by atoms with van der Waals surface area (Å²) in [6.45, 7) is 2.04. The number of nitrogens with one attached hydrogen (secondary N) is 1. The Morgan fingerprint density at radius 1 is 1.64 bits per heavy atom. The molecule has 0 saturated heterocycles. The van der Waals surface area contributed by atoms with Gasteiger partial charge in [0.15, 0.2) is 0 Å². The zero-order valence-corrected chi connectivity index (χ0v) is 7.98. The van der Waals surface area contributed by atoms with Gasteiger partial charge < -0.3 is 10.4 Å². The lowest BCUT2D eigenvalue weighted by molar-refractivity contribution is 0.269. The van der Waals surface area contributed by atoms with Gasteiger partial charge in [0.2, 0.25) is 0 Å². The second-order valence-corrected chi connectivity index (χ2v) is 2.92. The average molecular weight is 194 g/mol. The Morgan fingerprint density at radius 3 is 3.21 bits per heavy atom. The van der Waals surface area contributed by atoms with Gasteiger partial charge in [-0.1, -0.05) is 0 Å². The second kappa shape index (κ2) is 6.13. The molecule has 0 aromatic carbocycles. The van der Waals surface area contributed by atoms with Crippen LogP contribution in [0, 0.1) is 11.3 Å². The van der Waals surface area contributed by atoms with E-state index in [1.807, 2.05) is 6.20 Å². The number of rotatable bonds is 6. The molecule has 2 N–H and O–H groups in total. The maximum atomic E-state index is 8.66. The van der Waals surface area contributed by atoms with Crippen LogP contribution in [-0.2, 0) is 13.1 Å². The lowest BCUT2D eigenvalue weighted by atomic mass is 10.3. The molecular weight excluding hydrogens is 180 g/mol. The van der Waals surface area contributed by atoms with Gasteiger partial charge in [-0.25, -0.2) is 0 Å². The fourth-order valence-electron chi connectivity index (χ4n) is 1.10. The van der Waals surface area contributed by atoms with E-state index in [-0.39, 0.29) is 6.61 Å². The fourth-order valence-corrected chi connectivity index (χ4v) is 1.10. The summed E-state index contributed by atoms with van der Waals surface area (Å²) in [7, 11) is 0. The molecule has 0 fully saturated rings. The third kappa shape index (κ3) is 3.56. The van der Waals surface area contributed by atoms with Gasteiger partial charge in [-0.05, 0) is 0 Å². The number of aliphatic hydroxyl groups is 1. The Balaban J connectivity index is 2.26. The van der Waals surface area contributed by atoms with Crippen molar-refractivity contribution >= 4 is 0 Å². The van der Waals surface area contributed by atoms with Crippen molar-refractivity contribution in [3.05, 3.63) is 18.0 Å². The summed E-state index contributed by atoms with van der Waals surface area (Å²) in [5.41, 5.74) is 1.07. The van der Waals surface area contributed by atoms with Gasteiger partial charge in [-0.2, -0.15) is 10.4 Å². The number of aliphatic hydroxyl groups excluding tert-OH is 1. The maximum Gasteiger partial charge on any atom is 0.0640 e. The number of hydrogen-bond donors (Lipinski definition) is 2. The van der Waals surface area contributed by atoms with E-state index < -0.39 is 0 Å². The van der Waals surface area contributed by atoms with Crippen molar-refractivity contribution < 1.29 is 5.11 Å². The van der Waals surface area contributed by atoms with E-state index in [0.29, 0.717) is 26.1 Å². The Hall–Kier alpha value is -1.38. The summed E-state index contributed by atoms with van der Waals surface area (Å²) in [5.74, 6) is 0. The monoisotopic (exact) mass is 194 g/mol. The van der Waals surface area contributed by atoms with Crippen molar-refractivity contribution in [1.29, 1.82) is 5.26 Å². The molecule has 0 aliphatic carbocycles. The van der Waals surface area contributed by atoms with Crippen molar-refractivity contribution in [2.45, 2.75) is 19.5 Å². The van der Waals surface area contributed by atoms with Crippen molar-refractivity contribution in [3.63, 3.8) is 0 Å². The van der Waals surface area contributed by atoms with E-state index in [1.165, 1.54) is 0 Å². The van der Waals surface area contributed by atoms with Crippen LogP contribution in [0.1, 0.15) is 12.0 Å². The summed E-state index contributed by atoms with van der Waals surface area (Å²) < 4.78 is 1.70. The third-order valence-electron chi connectivity index (χ3n) is 1.76. The van der Waals surface area contributed by atoms with Crippen LogP contribution in [-0.4, -0.2) is 28.0 Å². The molecule has 0 spiro atoms. The fraction of sp³-hybridized carbons (Fsp3) is 0.556. The molecule has 0 amide bonds. The van der Waals surface area contributed by atoms with Gasteiger partial charge in [-0.15, -0.1) is 0 Å². The minimum absolute atomic E-state index is 0.100. The van der Waals surface area contributed by atoms with E-state index in [1.54, 1.807) is 10.9 Å². The van der Waals surface area contributed by atoms with Crippen LogP contribution in [0.2, 0.25) is 0 Å².